The maximum Gasteiger partial charge on any atom is 0.231 e. The van der Waals surface area contributed by atoms with Gasteiger partial charge in [0.15, 0.2) is 29.1 Å². The molecule has 1 atom stereocenters. The second-order valence-electron chi connectivity index (χ2n) is 4.85. The highest BCUT2D eigenvalue weighted by Gasteiger charge is 2.25. The first-order valence-electron chi connectivity index (χ1n) is 6.62. The molecule has 5 heteroatoms. The Morgan fingerprint density at radius 2 is 1.71 bits per heavy atom. The molecule has 0 unspecified atom stereocenters. The molecule has 0 aromatic heterocycles. The molecule has 2 aromatic rings. The topological polar surface area (TPSA) is 54.0 Å². The molecule has 0 spiro atoms. The summed E-state index contributed by atoms with van der Waals surface area (Å²) >= 11 is 0. The number of carbonyl (C=O) groups is 1. The van der Waals surface area contributed by atoms with Gasteiger partial charge in [0.25, 0.3) is 0 Å². The van der Waals surface area contributed by atoms with E-state index in [2.05, 4.69) is 0 Å². The molecule has 0 amide bonds. The van der Waals surface area contributed by atoms with E-state index in [1.807, 2.05) is 18.2 Å². The number of aldehydes is 1. The van der Waals surface area contributed by atoms with E-state index in [1.54, 1.807) is 18.2 Å². The quantitative estimate of drug-likeness (QED) is 0.794. The number of rotatable bonds is 2. The fourth-order valence-electron chi connectivity index (χ4n) is 2.44. The highest BCUT2D eigenvalue weighted by atomic mass is 16.7. The van der Waals surface area contributed by atoms with Crippen LogP contribution in [0, 0.1) is 0 Å². The van der Waals surface area contributed by atoms with Gasteiger partial charge < -0.3 is 18.9 Å². The van der Waals surface area contributed by atoms with E-state index in [-0.39, 0.29) is 12.9 Å². The van der Waals surface area contributed by atoms with Gasteiger partial charge in [-0.15, -0.1) is 0 Å². The minimum Gasteiger partial charge on any atom is -0.485 e. The highest BCUT2D eigenvalue weighted by Crippen LogP contribution is 2.39. The standard InChI is InChI=1S/C16H12O5/c17-7-10-1-3-13-15(5-10)21-16(8-18-13)11-2-4-12-14(6-11)20-9-19-12/h1-7,16H,8-9H2/t16-/m0/s1. The van der Waals surface area contributed by atoms with Crippen molar-refractivity contribution in [2.24, 2.45) is 0 Å². The first-order chi connectivity index (χ1) is 10.3. The Balaban J connectivity index is 1.64. The lowest BCUT2D eigenvalue weighted by atomic mass is 10.1. The van der Waals surface area contributed by atoms with Crippen LogP contribution in [0.4, 0.5) is 0 Å². The Morgan fingerprint density at radius 3 is 2.62 bits per heavy atom. The maximum atomic E-state index is 10.8. The Kier molecular flexibility index (Phi) is 2.70. The molecule has 21 heavy (non-hydrogen) atoms. The lowest BCUT2D eigenvalue weighted by Gasteiger charge is -2.27. The van der Waals surface area contributed by atoms with E-state index in [4.69, 9.17) is 18.9 Å². The molecule has 2 aromatic carbocycles. The van der Waals surface area contributed by atoms with Crippen LogP contribution in [0.5, 0.6) is 23.0 Å². The van der Waals surface area contributed by atoms with Crippen molar-refractivity contribution in [2.75, 3.05) is 13.4 Å². The molecular formula is C16H12O5. The van der Waals surface area contributed by atoms with Crippen molar-refractivity contribution in [3.63, 3.8) is 0 Å². The third-order valence-corrected chi connectivity index (χ3v) is 3.53. The van der Waals surface area contributed by atoms with Gasteiger partial charge in [-0.3, -0.25) is 4.79 Å². The molecular weight excluding hydrogens is 272 g/mol. The SMILES string of the molecule is O=Cc1ccc2c(c1)O[C@H](c1ccc3c(c1)OCO3)CO2. The Morgan fingerprint density at radius 1 is 0.905 bits per heavy atom. The summed E-state index contributed by atoms with van der Waals surface area (Å²) in [7, 11) is 0. The lowest BCUT2D eigenvalue weighted by molar-refractivity contribution is 0.0907. The van der Waals surface area contributed by atoms with Crippen LogP contribution in [0.2, 0.25) is 0 Å². The number of hydrogen-bond acceptors (Lipinski definition) is 5. The zero-order chi connectivity index (χ0) is 14.2. The normalized spacial score (nSPS) is 18.4. The van der Waals surface area contributed by atoms with E-state index in [0.717, 1.165) is 17.6 Å². The molecule has 2 aliphatic rings. The van der Waals surface area contributed by atoms with Crippen molar-refractivity contribution in [1.82, 2.24) is 0 Å². The maximum absolute atomic E-state index is 10.8. The second kappa shape index (κ2) is 4.70. The highest BCUT2D eigenvalue weighted by molar-refractivity contribution is 5.76. The molecule has 0 bridgehead atoms. The minimum absolute atomic E-state index is 0.242. The summed E-state index contributed by atoms with van der Waals surface area (Å²) in [5.74, 6) is 2.67. The molecule has 4 rings (SSSR count). The van der Waals surface area contributed by atoms with Gasteiger partial charge in [0, 0.05) is 5.56 Å². The molecule has 0 fully saturated rings. The molecule has 106 valence electrons. The fraction of sp³-hybridized carbons (Fsp3) is 0.188. The summed E-state index contributed by atoms with van der Waals surface area (Å²) < 4.78 is 22.3. The summed E-state index contributed by atoms with van der Waals surface area (Å²) in [6.45, 7) is 0.652. The van der Waals surface area contributed by atoms with Crippen LogP contribution in [0.15, 0.2) is 36.4 Å². The molecule has 2 heterocycles. The van der Waals surface area contributed by atoms with Gasteiger partial charge in [-0.2, -0.15) is 0 Å². The number of ether oxygens (including phenoxy) is 4. The average Bonchev–Trinajstić information content (AvgIpc) is 3.01. The largest absolute Gasteiger partial charge is 0.485 e. The van der Waals surface area contributed by atoms with Crippen molar-refractivity contribution in [3.8, 4) is 23.0 Å². The van der Waals surface area contributed by atoms with E-state index >= 15 is 0 Å². The van der Waals surface area contributed by atoms with E-state index in [0.29, 0.717) is 29.4 Å². The van der Waals surface area contributed by atoms with Gasteiger partial charge in [0.2, 0.25) is 6.79 Å². The zero-order valence-corrected chi connectivity index (χ0v) is 11.1. The van der Waals surface area contributed by atoms with Crippen LogP contribution < -0.4 is 18.9 Å². The smallest absolute Gasteiger partial charge is 0.231 e. The van der Waals surface area contributed by atoms with Crippen LogP contribution in [0.1, 0.15) is 22.0 Å². The third-order valence-electron chi connectivity index (χ3n) is 3.53. The Bertz CT molecular complexity index is 710. The third kappa shape index (κ3) is 2.07. The fourth-order valence-corrected chi connectivity index (χ4v) is 2.44. The van der Waals surface area contributed by atoms with Gasteiger partial charge in [-0.1, -0.05) is 6.07 Å². The van der Waals surface area contributed by atoms with Crippen molar-refractivity contribution in [2.45, 2.75) is 6.10 Å². The van der Waals surface area contributed by atoms with Crippen LogP contribution in [0.3, 0.4) is 0 Å². The molecule has 0 aliphatic carbocycles. The van der Waals surface area contributed by atoms with Gasteiger partial charge in [0.1, 0.15) is 12.9 Å². The molecule has 0 saturated carbocycles. The van der Waals surface area contributed by atoms with E-state index in [9.17, 15) is 4.79 Å². The monoisotopic (exact) mass is 284 g/mol. The van der Waals surface area contributed by atoms with Crippen LogP contribution >= 0.6 is 0 Å². The Hall–Kier alpha value is -2.69. The van der Waals surface area contributed by atoms with Gasteiger partial charge in [0.05, 0.1) is 0 Å². The van der Waals surface area contributed by atoms with Crippen molar-refractivity contribution in [1.29, 1.82) is 0 Å². The predicted octanol–water partition coefficient (Wildman–Crippen LogP) is 2.74. The van der Waals surface area contributed by atoms with E-state index in [1.165, 1.54) is 0 Å². The molecule has 0 N–H and O–H groups in total. The molecule has 5 nitrogen and oxygen atoms in total. The number of hydrogen-bond donors (Lipinski definition) is 0. The van der Waals surface area contributed by atoms with Crippen LogP contribution in [-0.2, 0) is 0 Å². The molecule has 0 radical (unpaired) electrons. The van der Waals surface area contributed by atoms with Gasteiger partial charge in [-0.05, 0) is 35.9 Å². The minimum atomic E-state index is -0.242. The van der Waals surface area contributed by atoms with Gasteiger partial charge >= 0.3 is 0 Å². The average molecular weight is 284 g/mol. The second-order valence-corrected chi connectivity index (χ2v) is 4.85. The Labute approximate surface area is 121 Å². The number of benzene rings is 2. The number of carbonyl (C=O) groups excluding carboxylic acids is 1. The summed E-state index contributed by atoms with van der Waals surface area (Å²) in [6, 6.07) is 10.8. The van der Waals surface area contributed by atoms with Crippen LogP contribution in [-0.4, -0.2) is 19.7 Å². The van der Waals surface area contributed by atoms with Crippen molar-refractivity contribution < 1.29 is 23.7 Å². The van der Waals surface area contributed by atoms with Crippen molar-refractivity contribution in [3.05, 3.63) is 47.5 Å². The molecule has 0 saturated heterocycles. The molecule has 2 aliphatic heterocycles. The van der Waals surface area contributed by atoms with Gasteiger partial charge in [-0.25, -0.2) is 0 Å². The summed E-state index contributed by atoms with van der Waals surface area (Å²) in [5.41, 5.74) is 1.50. The summed E-state index contributed by atoms with van der Waals surface area (Å²) in [6.07, 6.45) is 0.544. The van der Waals surface area contributed by atoms with Crippen molar-refractivity contribution >= 4 is 6.29 Å². The number of fused-ring (bicyclic) bond motifs is 2. The van der Waals surface area contributed by atoms with E-state index < -0.39 is 0 Å². The first kappa shape index (κ1) is 12.1. The zero-order valence-electron chi connectivity index (χ0n) is 11.1. The predicted molar refractivity (Wildman–Crippen MR) is 73.3 cm³/mol. The summed E-state index contributed by atoms with van der Waals surface area (Å²) in [5, 5.41) is 0. The summed E-state index contributed by atoms with van der Waals surface area (Å²) in [4.78, 5) is 10.8. The lowest BCUT2D eigenvalue weighted by Crippen LogP contribution is -2.21. The van der Waals surface area contributed by atoms with Crippen LogP contribution in [0.25, 0.3) is 0 Å². The first-order valence-corrected chi connectivity index (χ1v) is 6.62.